The first-order chi connectivity index (χ1) is 20.1. The average molecular weight is 524 g/mol. The average Bonchev–Trinajstić information content (AvgIpc) is 3.28. The monoisotopic (exact) mass is 523 g/mol. The van der Waals surface area contributed by atoms with Gasteiger partial charge >= 0.3 is 0 Å². The van der Waals surface area contributed by atoms with Crippen LogP contribution in [0.25, 0.3) is 60.9 Å². The van der Waals surface area contributed by atoms with Crippen LogP contribution in [0.1, 0.15) is 42.5 Å². The molecule has 0 unspecified atom stereocenters. The Bertz CT molecular complexity index is 2190. The fourth-order valence-electron chi connectivity index (χ4n) is 7.83. The number of aromatic nitrogens is 1. The maximum Gasteiger partial charge on any atom is 0.0544 e. The molecule has 0 amide bonds. The fraction of sp³-hybridized carbons (Fsp3) is 0.100. The Kier molecular flexibility index (Phi) is 4.51. The SMILES string of the molecule is CC1(C)c2ccccc2-c2ccc3c(c21)c1ccccc1n3C1=CC=C2CC(=C1)c1ccccc1-c1ccccc12. The van der Waals surface area contributed by atoms with Crippen molar-refractivity contribution < 1.29 is 0 Å². The van der Waals surface area contributed by atoms with E-state index in [0.29, 0.717) is 0 Å². The van der Waals surface area contributed by atoms with E-state index in [-0.39, 0.29) is 5.41 Å². The number of benzene rings is 5. The lowest BCUT2D eigenvalue weighted by Gasteiger charge is -2.22. The molecule has 1 heterocycles. The first-order valence-electron chi connectivity index (χ1n) is 14.6. The van der Waals surface area contributed by atoms with E-state index in [0.717, 1.165) is 6.42 Å². The van der Waals surface area contributed by atoms with E-state index in [1.807, 2.05) is 0 Å². The summed E-state index contributed by atoms with van der Waals surface area (Å²) in [5, 5.41) is 2.70. The molecule has 41 heavy (non-hydrogen) atoms. The second-order valence-electron chi connectivity index (χ2n) is 12.1. The fourth-order valence-corrected chi connectivity index (χ4v) is 7.83. The van der Waals surface area contributed by atoms with Crippen LogP contribution in [0.5, 0.6) is 0 Å². The van der Waals surface area contributed by atoms with Gasteiger partial charge in [0, 0.05) is 21.9 Å². The molecule has 2 bridgehead atoms. The molecule has 3 aliphatic rings. The first kappa shape index (κ1) is 22.9. The molecule has 0 aliphatic heterocycles. The van der Waals surface area contributed by atoms with Crippen molar-refractivity contribution in [3.05, 3.63) is 150 Å². The standard InChI is InChI=1S/C40H29N/c1-40(2)35-17-9-7-15-32(35)33-21-22-37-38(39(33)40)34-16-8-10-18-36(34)41(37)27-20-19-25-23-26(24-27)29-12-4-6-14-31(29)30-13-5-3-11-28(25)30/h3-22,24H,23H2,1-2H3. The summed E-state index contributed by atoms with van der Waals surface area (Å²) >= 11 is 0. The molecule has 5 aromatic carbocycles. The van der Waals surface area contributed by atoms with Crippen LogP contribution in [-0.2, 0) is 5.41 Å². The van der Waals surface area contributed by atoms with Gasteiger partial charge in [0.05, 0.1) is 11.0 Å². The van der Waals surface area contributed by atoms with Crippen LogP contribution in [0.15, 0.2) is 127 Å². The van der Waals surface area contributed by atoms with Crippen LogP contribution in [0.3, 0.4) is 0 Å². The Morgan fingerprint density at radius 3 is 1.95 bits per heavy atom. The van der Waals surface area contributed by atoms with Crippen molar-refractivity contribution in [2.24, 2.45) is 0 Å². The molecule has 0 atom stereocenters. The maximum absolute atomic E-state index is 2.50. The van der Waals surface area contributed by atoms with Crippen LogP contribution in [0.4, 0.5) is 0 Å². The number of fused-ring (bicyclic) bond motifs is 14. The molecule has 1 aromatic heterocycles. The number of nitrogens with zero attached hydrogens (tertiary/aromatic N) is 1. The molecule has 0 N–H and O–H groups in total. The Hall–Kier alpha value is -4.88. The van der Waals surface area contributed by atoms with Crippen LogP contribution in [0, 0.1) is 0 Å². The van der Waals surface area contributed by atoms with Gasteiger partial charge < -0.3 is 4.57 Å². The zero-order valence-corrected chi connectivity index (χ0v) is 23.3. The van der Waals surface area contributed by atoms with E-state index < -0.39 is 0 Å². The van der Waals surface area contributed by atoms with Crippen LogP contribution in [-0.4, -0.2) is 4.57 Å². The van der Waals surface area contributed by atoms with Crippen molar-refractivity contribution in [3.8, 4) is 22.3 Å². The number of rotatable bonds is 1. The summed E-state index contributed by atoms with van der Waals surface area (Å²) in [5.74, 6) is 0. The number of allylic oxidation sites excluding steroid dienone is 6. The summed E-state index contributed by atoms with van der Waals surface area (Å²) in [6.07, 6.45) is 8.06. The molecule has 9 rings (SSSR count). The Morgan fingerprint density at radius 2 is 1.17 bits per heavy atom. The molecular formula is C40H29N. The predicted octanol–water partition coefficient (Wildman–Crippen LogP) is 10.5. The van der Waals surface area contributed by atoms with Gasteiger partial charge in [-0.05, 0) is 86.4 Å². The Labute approximate surface area is 240 Å². The largest absolute Gasteiger partial charge is 0.309 e. The summed E-state index contributed by atoms with van der Waals surface area (Å²) in [4.78, 5) is 0. The highest BCUT2D eigenvalue weighted by Gasteiger charge is 2.38. The third-order valence-electron chi connectivity index (χ3n) is 9.61. The molecule has 1 nitrogen and oxygen atoms in total. The van der Waals surface area contributed by atoms with Gasteiger partial charge in [-0.3, -0.25) is 0 Å². The van der Waals surface area contributed by atoms with Gasteiger partial charge in [-0.15, -0.1) is 0 Å². The minimum absolute atomic E-state index is 0.0736. The molecule has 0 radical (unpaired) electrons. The highest BCUT2D eigenvalue weighted by Crippen LogP contribution is 2.53. The molecule has 3 aliphatic carbocycles. The molecule has 0 saturated heterocycles. The topological polar surface area (TPSA) is 4.93 Å². The summed E-state index contributed by atoms with van der Waals surface area (Å²) in [6.45, 7) is 4.78. The van der Waals surface area contributed by atoms with Crippen molar-refractivity contribution in [2.75, 3.05) is 0 Å². The van der Waals surface area contributed by atoms with Crippen molar-refractivity contribution in [1.82, 2.24) is 4.57 Å². The van der Waals surface area contributed by atoms with Gasteiger partial charge in [0.2, 0.25) is 0 Å². The van der Waals surface area contributed by atoms with Gasteiger partial charge in [-0.1, -0.05) is 117 Å². The smallest absolute Gasteiger partial charge is 0.0544 e. The van der Waals surface area contributed by atoms with Gasteiger partial charge in [0.15, 0.2) is 0 Å². The minimum atomic E-state index is -0.0736. The normalized spacial score (nSPS) is 16.1. The Balaban J connectivity index is 1.37. The first-order valence-corrected chi connectivity index (χ1v) is 14.6. The number of hydrogen-bond acceptors (Lipinski definition) is 0. The van der Waals surface area contributed by atoms with E-state index >= 15 is 0 Å². The molecule has 194 valence electrons. The molecule has 0 spiro atoms. The van der Waals surface area contributed by atoms with E-state index in [2.05, 4.69) is 146 Å². The highest BCUT2D eigenvalue weighted by molar-refractivity contribution is 6.15. The molecule has 6 aromatic rings. The van der Waals surface area contributed by atoms with Gasteiger partial charge in [0.25, 0.3) is 0 Å². The van der Waals surface area contributed by atoms with Crippen molar-refractivity contribution in [1.29, 1.82) is 0 Å². The van der Waals surface area contributed by atoms with Crippen molar-refractivity contribution in [3.63, 3.8) is 0 Å². The lowest BCUT2D eigenvalue weighted by atomic mass is 9.80. The third kappa shape index (κ3) is 3.01. The lowest BCUT2D eigenvalue weighted by molar-refractivity contribution is 0.666. The van der Waals surface area contributed by atoms with Gasteiger partial charge in [-0.25, -0.2) is 0 Å². The lowest BCUT2D eigenvalue weighted by Crippen LogP contribution is -2.15. The molecular weight excluding hydrogens is 494 g/mol. The highest BCUT2D eigenvalue weighted by atomic mass is 15.0. The maximum atomic E-state index is 2.50. The number of para-hydroxylation sites is 1. The van der Waals surface area contributed by atoms with E-state index in [1.54, 1.807) is 0 Å². The van der Waals surface area contributed by atoms with Crippen LogP contribution in [0.2, 0.25) is 0 Å². The summed E-state index contributed by atoms with van der Waals surface area (Å²) in [6, 6.07) is 40.4. The van der Waals surface area contributed by atoms with Gasteiger partial charge in [-0.2, -0.15) is 0 Å². The van der Waals surface area contributed by atoms with Gasteiger partial charge in [0.1, 0.15) is 0 Å². The second kappa shape index (κ2) is 8.08. The minimum Gasteiger partial charge on any atom is -0.309 e. The van der Waals surface area contributed by atoms with Crippen molar-refractivity contribution >= 4 is 38.6 Å². The quantitative estimate of drug-likeness (QED) is 0.202. The summed E-state index contributed by atoms with van der Waals surface area (Å²) in [7, 11) is 0. The second-order valence-corrected chi connectivity index (χ2v) is 12.1. The van der Waals surface area contributed by atoms with E-state index in [1.165, 1.54) is 83.2 Å². The third-order valence-corrected chi connectivity index (χ3v) is 9.61. The van der Waals surface area contributed by atoms with E-state index in [4.69, 9.17) is 0 Å². The van der Waals surface area contributed by atoms with Crippen molar-refractivity contribution in [2.45, 2.75) is 25.7 Å². The molecule has 0 fully saturated rings. The number of hydrogen-bond donors (Lipinski definition) is 0. The zero-order chi connectivity index (χ0) is 27.3. The predicted molar refractivity (Wildman–Crippen MR) is 174 cm³/mol. The molecule has 0 saturated carbocycles. The molecule has 1 heteroatoms. The van der Waals surface area contributed by atoms with E-state index in [9.17, 15) is 0 Å². The van der Waals surface area contributed by atoms with Crippen LogP contribution < -0.4 is 0 Å². The Morgan fingerprint density at radius 1 is 0.537 bits per heavy atom. The van der Waals surface area contributed by atoms with Crippen LogP contribution >= 0.6 is 0 Å². The summed E-state index contributed by atoms with van der Waals surface area (Å²) in [5.41, 5.74) is 17.3. The zero-order valence-electron chi connectivity index (χ0n) is 23.3. The summed E-state index contributed by atoms with van der Waals surface area (Å²) < 4.78 is 2.50.